The van der Waals surface area contributed by atoms with Gasteiger partial charge in [0.15, 0.2) is 0 Å². The third kappa shape index (κ3) is 3.27. The molecule has 0 unspecified atom stereocenters. The summed E-state index contributed by atoms with van der Waals surface area (Å²) in [6.07, 6.45) is 4.37. The molecule has 2 aliphatic rings. The van der Waals surface area contributed by atoms with Crippen molar-refractivity contribution < 1.29 is 9.32 Å². The Kier molecular flexibility index (Phi) is 3.83. The van der Waals surface area contributed by atoms with Crippen molar-refractivity contribution in [1.29, 1.82) is 0 Å². The maximum Gasteiger partial charge on any atom is 0.251 e. The molecule has 2 N–H and O–H groups in total. The number of hydrogen-bond acceptors (Lipinski definition) is 5. The van der Waals surface area contributed by atoms with Gasteiger partial charge in [0.25, 0.3) is 5.91 Å². The number of rotatable bonds is 4. The van der Waals surface area contributed by atoms with Gasteiger partial charge in [-0.2, -0.15) is 4.98 Å². The van der Waals surface area contributed by atoms with Gasteiger partial charge in [0.1, 0.15) is 0 Å². The van der Waals surface area contributed by atoms with Crippen LogP contribution < -0.4 is 10.6 Å². The highest BCUT2D eigenvalue weighted by Gasteiger charge is 2.29. The van der Waals surface area contributed by atoms with Crippen LogP contribution in [0.25, 0.3) is 11.4 Å². The van der Waals surface area contributed by atoms with Crippen LogP contribution in [-0.2, 0) is 0 Å². The molecule has 0 radical (unpaired) electrons. The Balaban J connectivity index is 1.49. The summed E-state index contributed by atoms with van der Waals surface area (Å²) in [7, 11) is 0. The van der Waals surface area contributed by atoms with Gasteiger partial charge in [-0.15, -0.1) is 0 Å². The molecule has 6 heteroatoms. The lowest BCUT2D eigenvalue weighted by molar-refractivity contribution is 0.0930. The number of hydrogen-bond donors (Lipinski definition) is 2. The fourth-order valence-corrected chi connectivity index (χ4v) is 2.89. The molecule has 0 bridgehead atoms. The number of piperidine rings is 1. The minimum Gasteiger partial charge on any atom is -0.348 e. The van der Waals surface area contributed by atoms with Crippen molar-refractivity contribution in [1.82, 2.24) is 20.8 Å². The molecule has 2 heterocycles. The Morgan fingerprint density at radius 1 is 1.30 bits per heavy atom. The lowest BCUT2D eigenvalue weighted by Crippen LogP contribution is -2.45. The summed E-state index contributed by atoms with van der Waals surface area (Å²) in [5.74, 6) is 1.65. The van der Waals surface area contributed by atoms with E-state index in [0.717, 1.165) is 44.3 Å². The number of carbonyl (C=O) groups excluding carboxylic acids is 1. The summed E-state index contributed by atoms with van der Waals surface area (Å²) < 4.78 is 5.29. The van der Waals surface area contributed by atoms with E-state index in [2.05, 4.69) is 20.8 Å². The van der Waals surface area contributed by atoms with E-state index >= 15 is 0 Å². The summed E-state index contributed by atoms with van der Waals surface area (Å²) in [6, 6.07) is 7.60. The molecule has 120 valence electrons. The minimum atomic E-state index is -0.0496. The number of benzene rings is 1. The number of amides is 1. The van der Waals surface area contributed by atoms with Gasteiger partial charge in [-0.25, -0.2) is 0 Å². The van der Waals surface area contributed by atoms with E-state index in [1.165, 1.54) is 0 Å². The van der Waals surface area contributed by atoms with E-state index in [4.69, 9.17) is 4.52 Å². The molecule has 1 aliphatic heterocycles. The second-order valence-corrected chi connectivity index (χ2v) is 6.33. The molecule has 1 saturated heterocycles. The molecule has 1 amide bonds. The maximum absolute atomic E-state index is 12.4. The zero-order valence-electron chi connectivity index (χ0n) is 12.9. The van der Waals surface area contributed by atoms with Crippen molar-refractivity contribution in [2.75, 3.05) is 13.1 Å². The van der Waals surface area contributed by atoms with Crippen LogP contribution in [-0.4, -0.2) is 35.2 Å². The lowest BCUT2D eigenvalue weighted by atomic mass is 10.1. The molecule has 1 aliphatic carbocycles. The number of carbonyl (C=O) groups is 1. The molecule has 0 spiro atoms. The van der Waals surface area contributed by atoms with E-state index in [0.29, 0.717) is 23.2 Å². The molecular weight excluding hydrogens is 292 g/mol. The van der Waals surface area contributed by atoms with E-state index in [9.17, 15) is 4.79 Å². The molecular formula is C17H20N4O2. The molecule has 6 nitrogen and oxygen atoms in total. The highest BCUT2D eigenvalue weighted by molar-refractivity contribution is 5.95. The predicted molar refractivity (Wildman–Crippen MR) is 85.1 cm³/mol. The van der Waals surface area contributed by atoms with E-state index < -0.39 is 0 Å². The first-order valence-corrected chi connectivity index (χ1v) is 8.25. The average molecular weight is 312 g/mol. The third-order valence-corrected chi connectivity index (χ3v) is 4.38. The van der Waals surface area contributed by atoms with E-state index in [1.807, 2.05) is 24.3 Å². The highest BCUT2D eigenvalue weighted by Crippen LogP contribution is 2.39. The number of nitrogens with zero attached hydrogens (tertiary/aromatic N) is 2. The summed E-state index contributed by atoms with van der Waals surface area (Å²) in [6.45, 7) is 1.87. The van der Waals surface area contributed by atoms with Crippen LogP contribution in [0, 0.1) is 0 Å². The zero-order chi connectivity index (χ0) is 15.6. The Bertz CT molecular complexity index is 702. The first kappa shape index (κ1) is 14.4. The number of nitrogens with one attached hydrogen (secondary N) is 2. The van der Waals surface area contributed by atoms with Crippen LogP contribution in [0.15, 0.2) is 28.8 Å². The van der Waals surface area contributed by atoms with Crippen molar-refractivity contribution in [3.63, 3.8) is 0 Å². The van der Waals surface area contributed by atoms with Crippen molar-refractivity contribution in [2.24, 2.45) is 0 Å². The first-order valence-electron chi connectivity index (χ1n) is 8.25. The molecule has 1 aromatic carbocycles. The van der Waals surface area contributed by atoms with Gasteiger partial charge in [0.2, 0.25) is 11.7 Å². The monoisotopic (exact) mass is 312 g/mol. The van der Waals surface area contributed by atoms with E-state index in [1.54, 1.807) is 0 Å². The van der Waals surface area contributed by atoms with Gasteiger partial charge in [-0.05, 0) is 44.4 Å². The molecule has 1 atom stereocenters. The molecule has 2 fully saturated rings. The van der Waals surface area contributed by atoms with Crippen LogP contribution in [0.4, 0.5) is 0 Å². The average Bonchev–Trinajstić information content (AvgIpc) is 3.33. The molecule has 1 saturated carbocycles. The molecule has 23 heavy (non-hydrogen) atoms. The topological polar surface area (TPSA) is 80.0 Å². The SMILES string of the molecule is O=C(N[C@H]1CCCNC1)c1cccc(-c2noc(C3CC3)n2)c1. The van der Waals surface area contributed by atoms with Crippen LogP contribution in [0.2, 0.25) is 0 Å². The second kappa shape index (κ2) is 6.12. The quantitative estimate of drug-likeness (QED) is 0.903. The van der Waals surface area contributed by atoms with Crippen molar-refractivity contribution in [3.05, 3.63) is 35.7 Å². The zero-order valence-corrected chi connectivity index (χ0v) is 12.9. The maximum atomic E-state index is 12.4. The highest BCUT2D eigenvalue weighted by atomic mass is 16.5. The molecule has 1 aromatic heterocycles. The molecule has 2 aromatic rings. The number of aromatic nitrogens is 2. The van der Waals surface area contributed by atoms with Crippen LogP contribution >= 0.6 is 0 Å². The van der Waals surface area contributed by atoms with Crippen molar-refractivity contribution in [2.45, 2.75) is 37.6 Å². The van der Waals surface area contributed by atoms with E-state index in [-0.39, 0.29) is 11.9 Å². The Labute approximate surface area is 134 Å². The summed E-state index contributed by atoms with van der Waals surface area (Å²) >= 11 is 0. The van der Waals surface area contributed by atoms with Crippen LogP contribution in [0.5, 0.6) is 0 Å². The normalized spacial score (nSPS) is 21.1. The smallest absolute Gasteiger partial charge is 0.251 e. The lowest BCUT2D eigenvalue weighted by Gasteiger charge is -2.23. The van der Waals surface area contributed by atoms with Crippen molar-refractivity contribution in [3.8, 4) is 11.4 Å². The van der Waals surface area contributed by atoms with Crippen molar-refractivity contribution >= 4 is 5.91 Å². The minimum absolute atomic E-state index is 0.0496. The van der Waals surface area contributed by atoms with Gasteiger partial charge in [-0.1, -0.05) is 17.3 Å². The second-order valence-electron chi connectivity index (χ2n) is 6.33. The summed E-state index contributed by atoms with van der Waals surface area (Å²) in [4.78, 5) is 16.9. The Hall–Kier alpha value is -2.21. The Morgan fingerprint density at radius 3 is 3.00 bits per heavy atom. The fourth-order valence-electron chi connectivity index (χ4n) is 2.89. The fraction of sp³-hybridized carbons (Fsp3) is 0.471. The predicted octanol–water partition coefficient (Wildman–Crippen LogP) is 2.10. The Morgan fingerprint density at radius 2 is 2.22 bits per heavy atom. The summed E-state index contributed by atoms with van der Waals surface area (Å²) in [5.41, 5.74) is 1.45. The standard InChI is InChI=1S/C17H20N4O2/c22-16(19-14-5-2-8-18-10-14)13-4-1-3-12(9-13)15-20-17(23-21-15)11-6-7-11/h1,3-4,9,11,14,18H,2,5-8,10H2,(H,19,22)/t14-/m0/s1. The largest absolute Gasteiger partial charge is 0.348 e. The van der Waals surface area contributed by atoms with Gasteiger partial charge in [-0.3, -0.25) is 4.79 Å². The third-order valence-electron chi connectivity index (χ3n) is 4.38. The van der Waals surface area contributed by atoms with Gasteiger partial charge in [0, 0.05) is 29.6 Å². The summed E-state index contributed by atoms with van der Waals surface area (Å²) in [5, 5.41) is 10.4. The van der Waals surface area contributed by atoms with Gasteiger partial charge in [0.05, 0.1) is 0 Å². The first-order chi connectivity index (χ1) is 11.3. The van der Waals surface area contributed by atoms with Gasteiger partial charge < -0.3 is 15.2 Å². The van der Waals surface area contributed by atoms with Crippen LogP contribution in [0.1, 0.15) is 47.8 Å². The molecule has 4 rings (SSSR count). The van der Waals surface area contributed by atoms with Crippen LogP contribution in [0.3, 0.4) is 0 Å². The van der Waals surface area contributed by atoms with Gasteiger partial charge >= 0.3 is 0 Å².